The number of benzene rings is 1. The SMILES string of the molecule is O=C(O)CC/C(O)=c1\c(=O)cc(CCc2ccc(Cl)cc2)n2ncnc12. The molecule has 26 heavy (non-hydrogen) atoms. The summed E-state index contributed by atoms with van der Waals surface area (Å²) in [5.74, 6) is -1.35. The molecule has 0 aliphatic heterocycles. The second-order valence-corrected chi connectivity index (χ2v) is 6.27. The van der Waals surface area contributed by atoms with Crippen LogP contribution in [0.3, 0.4) is 0 Å². The molecule has 0 atom stereocenters. The zero-order chi connectivity index (χ0) is 18.7. The molecular formula is C18H16ClN3O4. The number of aromatic nitrogens is 3. The van der Waals surface area contributed by atoms with Crippen LogP contribution in [0, 0.1) is 0 Å². The molecule has 7 nitrogen and oxygen atoms in total. The topological polar surface area (TPSA) is 105 Å². The Bertz CT molecular complexity index is 1060. The molecule has 2 heterocycles. The minimum Gasteiger partial charge on any atom is -0.511 e. The van der Waals surface area contributed by atoms with Gasteiger partial charge in [0, 0.05) is 23.2 Å². The van der Waals surface area contributed by atoms with E-state index in [4.69, 9.17) is 16.7 Å². The third-order valence-electron chi connectivity index (χ3n) is 4.03. The summed E-state index contributed by atoms with van der Waals surface area (Å²) in [7, 11) is 0. The highest BCUT2D eigenvalue weighted by Gasteiger charge is 2.12. The van der Waals surface area contributed by atoms with Gasteiger partial charge in [-0.15, -0.1) is 0 Å². The Balaban J connectivity index is 1.96. The van der Waals surface area contributed by atoms with Crippen molar-refractivity contribution in [3.63, 3.8) is 0 Å². The third kappa shape index (κ3) is 3.83. The summed E-state index contributed by atoms with van der Waals surface area (Å²) in [5, 5.41) is 23.7. The van der Waals surface area contributed by atoms with E-state index in [1.807, 2.05) is 12.1 Å². The molecule has 0 unspecified atom stereocenters. The maximum Gasteiger partial charge on any atom is 0.303 e. The molecule has 0 fully saturated rings. The molecule has 3 rings (SSSR count). The fourth-order valence-corrected chi connectivity index (χ4v) is 2.87. The molecule has 0 aliphatic rings. The Kier molecular flexibility index (Phi) is 5.18. The van der Waals surface area contributed by atoms with Gasteiger partial charge in [-0.05, 0) is 30.5 Å². The second-order valence-electron chi connectivity index (χ2n) is 5.84. The molecule has 0 saturated heterocycles. The summed E-state index contributed by atoms with van der Waals surface area (Å²) in [4.78, 5) is 27.2. The van der Waals surface area contributed by atoms with Crippen molar-refractivity contribution in [2.75, 3.05) is 0 Å². The van der Waals surface area contributed by atoms with Gasteiger partial charge in [0.2, 0.25) is 0 Å². The highest BCUT2D eigenvalue weighted by atomic mass is 35.5. The lowest BCUT2D eigenvalue weighted by molar-refractivity contribution is -0.136. The lowest BCUT2D eigenvalue weighted by atomic mass is 10.1. The lowest BCUT2D eigenvalue weighted by Crippen LogP contribution is -2.31. The van der Waals surface area contributed by atoms with Crippen LogP contribution in [0.5, 0.6) is 0 Å². The van der Waals surface area contributed by atoms with Crippen LogP contribution in [0.1, 0.15) is 24.1 Å². The second kappa shape index (κ2) is 7.53. The number of aliphatic hydroxyl groups is 1. The van der Waals surface area contributed by atoms with Crippen LogP contribution < -0.4 is 10.6 Å². The van der Waals surface area contributed by atoms with E-state index in [2.05, 4.69) is 10.1 Å². The van der Waals surface area contributed by atoms with Gasteiger partial charge in [0.25, 0.3) is 0 Å². The van der Waals surface area contributed by atoms with Crippen molar-refractivity contribution >= 4 is 29.0 Å². The summed E-state index contributed by atoms with van der Waals surface area (Å²) in [6.07, 6.45) is 2.11. The number of aliphatic hydroxyl groups excluding tert-OH is 1. The maximum absolute atomic E-state index is 12.5. The Hall–Kier alpha value is -2.93. The molecule has 2 aromatic heterocycles. The number of hydrogen-bond acceptors (Lipinski definition) is 5. The summed E-state index contributed by atoms with van der Waals surface area (Å²) in [5.41, 5.74) is 1.55. The molecule has 134 valence electrons. The van der Waals surface area contributed by atoms with Crippen LogP contribution in [0.25, 0.3) is 11.4 Å². The van der Waals surface area contributed by atoms with Gasteiger partial charge in [0.05, 0.1) is 6.42 Å². The van der Waals surface area contributed by atoms with Gasteiger partial charge in [-0.3, -0.25) is 9.59 Å². The molecule has 3 aromatic rings. The fraction of sp³-hybridized carbons (Fsp3) is 0.222. The van der Waals surface area contributed by atoms with Crippen molar-refractivity contribution < 1.29 is 15.0 Å². The minimum atomic E-state index is -1.05. The molecular weight excluding hydrogens is 358 g/mol. The summed E-state index contributed by atoms with van der Waals surface area (Å²) >= 11 is 5.88. The van der Waals surface area contributed by atoms with Crippen LogP contribution in [0.15, 0.2) is 41.5 Å². The summed E-state index contributed by atoms with van der Waals surface area (Å²) in [6, 6.07) is 8.85. The Morgan fingerprint density at radius 2 is 1.85 bits per heavy atom. The van der Waals surface area contributed by atoms with Gasteiger partial charge in [-0.1, -0.05) is 23.7 Å². The van der Waals surface area contributed by atoms with E-state index in [1.54, 1.807) is 12.1 Å². The average molecular weight is 374 g/mol. The van der Waals surface area contributed by atoms with Crippen molar-refractivity contribution in [3.8, 4) is 0 Å². The minimum absolute atomic E-state index is 0.000932. The van der Waals surface area contributed by atoms with E-state index < -0.39 is 11.4 Å². The van der Waals surface area contributed by atoms with E-state index in [0.29, 0.717) is 23.6 Å². The molecule has 2 N–H and O–H groups in total. The molecule has 8 heteroatoms. The lowest BCUT2D eigenvalue weighted by Gasteiger charge is -2.06. The van der Waals surface area contributed by atoms with Crippen LogP contribution >= 0.6 is 11.6 Å². The number of carboxylic acid groups (broad SMARTS) is 1. The van der Waals surface area contributed by atoms with E-state index in [-0.39, 0.29) is 29.5 Å². The van der Waals surface area contributed by atoms with E-state index in [9.17, 15) is 14.7 Å². The number of aryl methyl sites for hydroxylation is 2. The Labute approximate surface area is 153 Å². The number of carboxylic acids is 1. The molecule has 0 bridgehead atoms. The van der Waals surface area contributed by atoms with Crippen LogP contribution in [-0.2, 0) is 17.6 Å². The summed E-state index contributed by atoms with van der Waals surface area (Å²) < 4.78 is 1.50. The van der Waals surface area contributed by atoms with Crippen molar-refractivity contribution in [3.05, 3.63) is 68.4 Å². The molecule has 0 aliphatic carbocycles. The highest BCUT2D eigenvalue weighted by Crippen LogP contribution is 2.12. The van der Waals surface area contributed by atoms with Crippen LogP contribution in [0.4, 0.5) is 0 Å². The highest BCUT2D eigenvalue weighted by molar-refractivity contribution is 6.30. The van der Waals surface area contributed by atoms with E-state index >= 15 is 0 Å². The summed E-state index contributed by atoms with van der Waals surface area (Å²) in [6.45, 7) is 0. The zero-order valence-electron chi connectivity index (χ0n) is 13.7. The largest absolute Gasteiger partial charge is 0.511 e. The average Bonchev–Trinajstić information content (AvgIpc) is 3.08. The van der Waals surface area contributed by atoms with Crippen molar-refractivity contribution in [1.29, 1.82) is 0 Å². The molecule has 0 radical (unpaired) electrons. The van der Waals surface area contributed by atoms with Crippen molar-refractivity contribution in [1.82, 2.24) is 14.6 Å². The smallest absolute Gasteiger partial charge is 0.303 e. The first-order valence-electron chi connectivity index (χ1n) is 7.99. The quantitative estimate of drug-likeness (QED) is 0.682. The Morgan fingerprint density at radius 3 is 2.54 bits per heavy atom. The first-order valence-corrected chi connectivity index (χ1v) is 8.37. The van der Waals surface area contributed by atoms with Crippen LogP contribution in [0.2, 0.25) is 5.02 Å². The van der Waals surface area contributed by atoms with E-state index in [0.717, 1.165) is 5.56 Å². The number of pyridine rings is 1. The standard InChI is InChI=1S/C18H16ClN3O4/c19-12-4-1-11(2-5-12)3-6-13-9-15(24)17(14(23)7-8-16(25)26)18-20-10-21-22(13)18/h1-2,4-5,9-10,23H,3,6-8H2,(H,25,26)/b17-14-. The van der Waals surface area contributed by atoms with Gasteiger partial charge in [0.1, 0.15) is 17.3 Å². The van der Waals surface area contributed by atoms with Gasteiger partial charge >= 0.3 is 5.97 Å². The number of rotatable bonds is 6. The number of carbonyl (C=O) groups is 1. The maximum atomic E-state index is 12.5. The molecule has 0 spiro atoms. The predicted octanol–water partition coefficient (Wildman–Crippen LogP) is 1.78. The van der Waals surface area contributed by atoms with Gasteiger partial charge in [-0.25, -0.2) is 9.50 Å². The predicted molar refractivity (Wildman–Crippen MR) is 96.2 cm³/mol. The Morgan fingerprint density at radius 1 is 1.12 bits per heavy atom. The monoisotopic (exact) mass is 373 g/mol. The van der Waals surface area contributed by atoms with Crippen molar-refractivity contribution in [2.24, 2.45) is 0 Å². The van der Waals surface area contributed by atoms with Gasteiger partial charge in [0.15, 0.2) is 11.1 Å². The number of fused-ring (bicyclic) bond motifs is 1. The van der Waals surface area contributed by atoms with Gasteiger partial charge < -0.3 is 10.2 Å². The van der Waals surface area contributed by atoms with Crippen molar-refractivity contribution in [2.45, 2.75) is 25.7 Å². The number of halogens is 1. The van der Waals surface area contributed by atoms with Crippen LogP contribution in [-0.4, -0.2) is 30.8 Å². The molecule has 1 aromatic carbocycles. The molecule has 0 amide bonds. The number of nitrogens with zero attached hydrogens (tertiary/aromatic N) is 3. The third-order valence-corrected chi connectivity index (χ3v) is 4.29. The normalized spacial score (nSPS) is 12.3. The molecule has 0 saturated carbocycles. The first kappa shape index (κ1) is 17.9. The zero-order valence-corrected chi connectivity index (χ0v) is 14.5. The van der Waals surface area contributed by atoms with Gasteiger partial charge in [-0.2, -0.15) is 5.10 Å². The fourth-order valence-electron chi connectivity index (χ4n) is 2.74. The number of aliphatic carboxylic acids is 1. The number of hydrogen-bond donors (Lipinski definition) is 2. The first-order chi connectivity index (χ1) is 12.5. The van der Waals surface area contributed by atoms with E-state index in [1.165, 1.54) is 16.9 Å².